The van der Waals surface area contributed by atoms with Gasteiger partial charge >= 0.3 is 0 Å². The number of nitrogens with one attached hydrogen (secondary N) is 1. The molecule has 0 saturated heterocycles. The zero-order valence-corrected chi connectivity index (χ0v) is 16.6. The summed E-state index contributed by atoms with van der Waals surface area (Å²) in [6.07, 6.45) is 1.67. The fraction of sp³-hybridized carbons (Fsp3) is 0.368. The first-order valence-corrected chi connectivity index (χ1v) is 10.2. The summed E-state index contributed by atoms with van der Waals surface area (Å²) in [4.78, 5) is 19.1. The summed E-state index contributed by atoms with van der Waals surface area (Å²) in [6, 6.07) is 10.1. The van der Waals surface area contributed by atoms with E-state index in [-0.39, 0.29) is 17.3 Å². The van der Waals surface area contributed by atoms with E-state index in [0.717, 1.165) is 5.69 Å². The number of rotatable bonds is 9. The molecule has 0 fully saturated rings. The summed E-state index contributed by atoms with van der Waals surface area (Å²) in [5.41, 5.74) is 1.80. The molecule has 2 aromatic rings. The van der Waals surface area contributed by atoms with Gasteiger partial charge in [0.2, 0.25) is 10.0 Å². The highest BCUT2D eigenvalue weighted by molar-refractivity contribution is 7.89. The van der Waals surface area contributed by atoms with Gasteiger partial charge in [-0.2, -0.15) is 0 Å². The molecular weight excluding hydrogens is 366 g/mol. The van der Waals surface area contributed by atoms with E-state index < -0.39 is 10.0 Å². The molecule has 27 heavy (non-hydrogen) atoms. The third-order valence-corrected chi connectivity index (χ3v) is 5.56. The molecule has 0 aliphatic rings. The first-order valence-electron chi connectivity index (χ1n) is 8.67. The number of hydrogen-bond donors (Lipinski definition) is 1. The fourth-order valence-electron chi connectivity index (χ4n) is 2.58. The first-order chi connectivity index (χ1) is 12.9. The average molecular weight is 391 g/mol. The van der Waals surface area contributed by atoms with Crippen molar-refractivity contribution in [2.24, 2.45) is 0 Å². The zero-order chi connectivity index (χ0) is 19.9. The molecule has 1 heterocycles. The molecule has 0 aliphatic carbocycles. The lowest BCUT2D eigenvalue weighted by Gasteiger charge is -2.23. The van der Waals surface area contributed by atoms with Crippen LogP contribution in [0.15, 0.2) is 47.5 Å². The van der Waals surface area contributed by atoms with Crippen molar-refractivity contribution in [3.63, 3.8) is 0 Å². The van der Waals surface area contributed by atoms with Gasteiger partial charge in [-0.1, -0.05) is 19.1 Å². The van der Waals surface area contributed by atoms with Crippen molar-refractivity contribution in [2.75, 3.05) is 26.8 Å². The Morgan fingerprint density at radius 2 is 2.04 bits per heavy atom. The Hall–Kier alpha value is -2.29. The van der Waals surface area contributed by atoms with E-state index in [1.807, 2.05) is 18.2 Å². The quantitative estimate of drug-likeness (QED) is 0.706. The Morgan fingerprint density at radius 3 is 2.67 bits per heavy atom. The van der Waals surface area contributed by atoms with Crippen LogP contribution in [0.1, 0.15) is 28.5 Å². The molecule has 1 N–H and O–H groups in total. The van der Waals surface area contributed by atoms with Crippen LogP contribution in [-0.4, -0.2) is 51.0 Å². The first kappa shape index (κ1) is 21.0. The van der Waals surface area contributed by atoms with Crippen LogP contribution in [-0.2, 0) is 21.3 Å². The highest BCUT2D eigenvalue weighted by Gasteiger charge is 2.21. The highest BCUT2D eigenvalue weighted by Crippen LogP contribution is 2.18. The minimum absolute atomic E-state index is 0.0721. The number of aromatic nitrogens is 1. The van der Waals surface area contributed by atoms with E-state index >= 15 is 0 Å². The Bertz CT molecular complexity index is 870. The second-order valence-corrected chi connectivity index (χ2v) is 7.79. The molecule has 7 nitrogen and oxygen atoms in total. The van der Waals surface area contributed by atoms with Gasteiger partial charge in [-0.05, 0) is 36.8 Å². The van der Waals surface area contributed by atoms with Gasteiger partial charge in [0.25, 0.3) is 5.91 Å². The van der Waals surface area contributed by atoms with Crippen molar-refractivity contribution in [1.82, 2.24) is 14.6 Å². The largest absolute Gasteiger partial charge is 0.383 e. The number of hydrogen-bond acceptors (Lipinski definition) is 5. The number of ether oxygens (including phenoxy) is 1. The SMILES string of the molecule is CCNS(=O)(=O)c1ccc(C)c(C(=O)N(CCOC)Cc2ccccn2)c1. The summed E-state index contributed by atoms with van der Waals surface area (Å²) >= 11 is 0. The normalized spacial score (nSPS) is 11.4. The summed E-state index contributed by atoms with van der Waals surface area (Å²) in [7, 11) is -2.07. The van der Waals surface area contributed by atoms with E-state index in [9.17, 15) is 13.2 Å². The average Bonchev–Trinajstić information content (AvgIpc) is 2.65. The molecule has 1 aromatic carbocycles. The Kier molecular flexibility index (Phi) is 7.46. The minimum Gasteiger partial charge on any atom is -0.383 e. The molecule has 1 amide bonds. The third-order valence-electron chi connectivity index (χ3n) is 4.02. The van der Waals surface area contributed by atoms with Gasteiger partial charge in [0, 0.05) is 32.0 Å². The number of carbonyl (C=O) groups excluding carboxylic acids is 1. The third kappa shape index (κ3) is 5.59. The molecular formula is C19H25N3O4S. The van der Waals surface area contributed by atoms with Crippen molar-refractivity contribution in [3.8, 4) is 0 Å². The van der Waals surface area contributed by atoms with Gasteiger partial charge in [-0.15, -0.1) is 0 Å². The molecule has 8 heteroatoms. The topological polar surface area (TPSA) is 88.6 Å². The molecule has 0 unspecified atom stereocenters. The highest BCUT2D eigenvalue weighted by atomic mass is 32.2. The summed E-state index contributed by atoms with van der Waals surface area (Å²) in [5, 5.41) is 0. The number of carbonyl (C=O) groups is 1. The molecule has 0 saturated carbocycles. The van der Waals surface area contributed by atoms with E-state index in [1.54, 1.807) is 38.1 Å². The van der Waals surface area contributed by atoms with Gasteiger partial charge in [0.05, 0.1) is 23.7 Å². The van der Waals surface area contributed by atoms with Crippen molar-refractivity contribution in [3.05, 3.63) is 59.4 Å². The predicted molar refractivity (Wildman–Crippen MR) is 103 cm³/mol. The number of benzene rings is 1. The molecule has 0 spiro atoms. The van der Waals surface area contributed by atoms with Gasteiger partial charge < -0.3 is 9.64 Å². The lowest BCUT2D eigenvalue weighted by atomic mass is 10.1. The van der Waals surface area contributed by atoms with Gasteiger partial charge in [0.1, 0.15) is 0 Å². The van der Waals surface area contributed by atoms with Crippen molar-refractivity contribution in [2.45, 2.75) is 25.3 Å². The maximum absolute atomic E-state index is 13.1. The van der Waals surface area contributed by atoms with Gasteiger partial charge in [-0.3, -0.25) is 9.78 Å². The molecule has 2 rings (SSSR count). The maximum Gasteiger partial charge on any atom is 0.254 e. The van der Waals surface area contributed by atoms with Gasteiger partial charge in [0.15, 0.2) is 0 Å². The van der Waals surface area contributed by atoms with Crippen LogP contribution in [0.3, 0.4) is 0 Å². The predicted octanol–water partition coefficient (Wildman–Crippen LogP) is 1.98. The van der Waals surface area contributed by atoms with Crippen molar-refractivity contribution in [1.29, 1.82) is 0 Å². The minimum atomic E-state index is -3.64. The van der Waals surface area contributed by atoms with E-state index in [0.29, 0.717) is 30.8 Å². The van der Waals surface area contributed by atoms with E-state index in [2.05, 4.69) is 9.71 Å². The summed E-state index contributed by atoms with van der Waals surface area (Å²) in [5.74, 6) is -0.260. The Morgan fingerprint density at radius 1 is 1.26 bits per heavy atom. The molecule has 1 aromatic heterocycles. The van der Waals surface area contributed by atoms with E-state index in [1.165, 1.54) is 12.1 Å². The smallest absolute Gasteiger partial charge is 0.254 e. The van der Waals surface area contributed by atoms with Crippen LogP contribution >= 0.6 is 0 Å². The zero-order valence-electron chi connectivity index (χ0n) is 15.8. The molecule has 0 aliphatic heterocycles. The van der Waals surface area contributed by atoms with Crippen LogP contribution in [0.5, 0.6) is 0 Å². The van der Waals surface area contributed by atoms with Crippen molar-refractivity contribution >= 4 is 15.9 Å². The number of methoxy groups -OCH3 is 1. The van der Waals surface area contributed by atoms with Crippen LogP contribution in [0, 0.1) is 6.92 Å². The number of sulfonamides is 1. The second kappa shape index (κ2) is 9.59. The maximum atomic E-state index is 13.1. The number of pyridine rings is 1. The van der Waals surface area contributed by atoms with Crippen molar-refractivity contribution < 1.29 is 17.9 Å². The standard InChI is InChI=1S/C19H25N3O4S/c1-4-21-27(24,25)17-9-8-15(2)18(13-17)19(23)22(11-12-26-3)14-16-7-5-6-10-20-16/h5-10,13,21H,4,11-12,14H2,1-3H3. The summed E-state index contributed by atoms with van der Waals surface area (Å²) in [6.45, 7) is 4.82. The molecule has 146 valence electrons. The van der Waals surface area contributed by atoms with Crippen LogP contribution in [0.4, 0.5) is 0 Å². The number of aryl methyl sites for hydroxylation is 1. The number of amides is 1. The molecule has 0 radical (unpaired) electrons. The lowest BCUT2D eigenvalue weighted by molar-refractivity contribution is 0.0677. The Balaban J connectivity index is 2.36. The fourth-order valence-corrected chi connectivity index (χ4v) is 3.65. The van der Waals surface area contributed by atoms with E-state index in [4.69, 9.17) is 4.74 Å². The molecule has 0 bridgehead atoms. The molecule has 0 atom stereocenters. The van der Waals surface area contributed by atoms with Crippen LogP contribution in [0.25, 0.3) is 0 Å². The lowest BCUT2D eigenvalue weighted by Crippen LogP contribution is -2.34. The number of nitrogens with zero attached hydrogens (tertiary/aromatic N) is 2. The second-order valence-electron chi connectivity index (χ2n) is 6.02. The van der Waals surface area contributed by atoms with Crippen LogP contribution in [0.2, 0.25) is 0 Å². The Labute approximate surface area is 160 Å². The summed E-state index contributed by atoms with van der Waals surface area (Å²) < 4.78 is 32.1. The monoisotopic (exact) mass is 391 g/mol. The van der Waals surface area contributed by atoms with Gasteiger partial charge in [-0.25, -0.2) is 13.1 Å². The van der Waals surface area contributed by atoms with Crippen LogP contribution < -0.4 is 4.72 Å².